The van der Waals surface area contributed by atoms with E-state index in [0.29, 0.717) is 18.1 Å². The smallest absolute Gasteiger partial charge is 0.405 e. The molecule has 0 aliphatic rings. The van der Waals surface area contributed by atoms with Gasteiger partial charge in [-0.3, -0.25) is 4.99 Å². The lowest BCUT2D eigenvalue weighted by molar-refractivity contribution is -0.274. The zero-order valence-electron chi connectivity index (χ0n) is 15.2. The van der Waals surface area contributed by atoms with Crippen LogP contribution in [0.3, 0.4) is 0 Å². The number of halogens is 4. The minimum atomic E-state index is -4.75. The zero-order valence-corrected chi connectivity index (χ0v) is 17.6. The van der Waals surface area contributed by atoms with Crippen molar-refractivity contribution in [2.45, 2.75) is 18.8 Å². The Kier molecular flexibility index (Phi) is 10.1. The second-order valence-corrected chi connectivity index (χ2v) is 5.75. The van der Waals surface area contributed by atoms with E-state index in [2.05, 4.69) is 20.4 Å². The van der Waals surface area contributed by atoms with E-state index >= 15 is 0 Å². The molecular formula is C19H23F3IN3O2. The second-order valence-electron chi connectivity index (χ2n) is 5.75. The van der Waals surface area contributed by atoms with E-state index in [1.54, 1.807) is 19.2 Å². The lowest BCUT2D eigenvalue weighted by Gasteiger charge is -2.19. The van der Waals surface area contributed by atoms with Crippen molar-refractivity contribution in [3.8, 4) is 5.75 Å². The third-order valence-corrected chi connectivity index (χ3v) is 3.88. The van der Waals surface area contributed by atoms with Crippen LogP contribution in [0.25, 0.3) is 0 Å². The fourth-order valence-corrected chi connectivity index (χ4v) is 2.51. The van der Waals surface area contributed by atoms with E-state index in [1.165, 1.54) is 12.1 Å². The molecular weight excluding hydrogens is 486 g/mol. The van der Waals surface area contributed by atoms with E-state index in [0.717, 1.165) is 5.56 Å². The standard InChI is InChI=1S/C19H22F3N3O2.HI/c1-23-18(25-12-16(13-26)14-7-3-2-4-8-14)24-11-15-9-5-6-10-17(15)27-19(20,21)22;/h2-10,16,26H,11-13H2,1H3,(H2,23,24,25);1H. The summed E-state index contributed by atoms with van der Waals surface area (Å²) in [6.45, 7) is 0.470. The van der Waals surface area contributed by atoms with Crippen LogP contribution < -0.4 is 15.4 Å². The molecule has 0 saturated carbocycles. The fraction of sp³-hybridized carbons (Fsp3) is 0.316. The molecule has 0 radical (unpaired) electrons. The summed E-state index contributed by atoms with van der Waals surface area (Å²) in [6, 6.07) is 15.4. The number of nitrogens with zero attached hydrogens (tertiary/aromatic N) is 1. The van der Waals surface area contributed by atoms with Gasteiger partial charge in [0.05, 0.1) is 6.61 Å². The molecule has 0 amide bonds. The highest BCUT2D eigenvalue weighted by Gasteiger charge is 2.31. The average Bonchev–Trinajstić information content (AvgIpc) is 2.65. The number of ether oxygens (including phenoxy) is 1. The molecule has 28 heavy (non-hydrogen) atoms. The van der Waals surface area contributed by atoms with Crippen molar-refractivity contribution in [3.63, 3.8) is 0 Å². The van der Waals surface area contributed by atoms with Crippen LogP contribution in [0.4, 0.5) is 13.2 Å². The summed E-state index contributed by atoms with van der Waals surface area (Å²) in [5.74, 6) is 0.0160. The van der Waals surface area contributed by atoms with Gasteiger partial charge in [-0.1, -0.05) is 48.5 Å². The summed E-state index contributed by atoms with van der Waals surface area (Å²) in [5, 5.41) is 15.6. The van der Waals surface area contributed by atoms with Crippen molar-refractivity contribution in [3.05, 3.63) is 65.7 Å². The second kappa shape index (κ2) is 11.7. The molecule has 0 aliphatic carbocycles. The number of guanidine groups is 1. The number of aliphatic hydroxyl groups is 1. The summed E-state index contributed by atoms with van der Waals surface area (Å²) in [6.07, 6.45) is -4.75. The number of rotatable bonds is 7. The largest absolute Gasteiger partial charge is 0.573 e. The van der Waals surface area contributed by atoms with Gasteiger partial charge in [0.15, 0.2) is 5.96 Å². The lowest BCUT2D eigenvalue weighted by atomic mass is 10.0. The predicted octanol–water partition coefficient (Wildman–Crippen LogP) is 3.64. The van der Waals surface area contributed by atoms with Gasteiger partial charge in [0.1, 0.15) is 5.75 Å². The highest BCUT2D eigenvalue weighted by atomic mass is 127. The van der Waals surface area contributed by atoms with Crippen molar-refractivity contribution in [1.29, 1.82) is 0 Å². The molecule has 2 aromatic carbocycles. The van der Waals surface area contributed by atoms with Crippen LogP contribution in [-0.4, -0.2) is 37.6 Å². The number of hydrogen-bond donors (Lipinski definition) is 3. The molecule has 5 nitrogen and oxygen atoms in total. The number of para-hydroxylation sites is 1. The Bertz CT molecular complexity index is 743. The molecule has 1 atom stereocenters. The van der Waals surface area contributed by atoms with Crippen LogP contribution in [0, 0.1) is 0 Å². The Morgan fingerprint density at radius 2 is 1.71 bits per heavy atom. The minimum absolute atomic E-state index is 0. The number of aliphatic hydroxyl groups excluding tert-OH is 1. The molecule has 0 spiro atoms. The van der Waals surface area contributed by atoms with Gasteiger partial charge in [-0.15, -0.1) is 37.1 Å². The van der Waals surface area contributed by atoms with Crippen molar-refractivity contribution in [2.75, 3.05) is 20.2 Å². The Labute approximate surface area is 179 Å². The zero-order chi connectivity index (χ0) is 19.7. The van der Waals surface area contributed by atoms with Crippen LogP contribution in [-0.2, 0) is 6.54 Å². The maximum absolute atomic E-state index is 12.5. The molecule has 3 N–H and O–H groups in total. The molecule has 0 aromatic heterocycles. The molecule has 0 bridgehead atoms. The molecule has 0 heterocycles. The summed E-state index contributed by atoms with van der Waals surface area (Å²) in [7, 11) is 1.56. The first-order valence-electron chi connectivity index (χ1n) is 8.37. The maximum atomic E-state index is 12.5. The molecule has 1 unspecified atom stereocenters. The van der Waals surface area contributed by atoms with Gasteiger partial charge in [0.25, 0.3) is 0 Å². The van der Waals surface area contributed by atoms with Crippen LogP contribution >= 0.6 is 24.0 Å². The Balaban J connectivity index is 0.00000392. The number of hydrogen-bond acceptors (Lipinski definition) is 3. The Morgan fingerprint density at radius 3 is 2.32 bits per heavy atom. The Hall–Kier alpha value is -2.01. The number of aliphatic imine (C=N–C) groups is 1. The summed E-state index contributed by atoms with van der Waals surface area (Å²) in [5.41, 5.74) is 1.33. The quantitative estimate of drug-likeness (QED) is 0.303. The van der Waals surface area contributed by atoms with Gasteiger partial charge in [0, 0.05) is 31.6 Å². The minimum Gasteiger partial charge on any atom is -0.405 e. The molecule has 0 aliphatic heterocycles. The van der Waals surface area contributed by atoms with E-state index in [9.17, 15) is 18.3 Å². The van der Waals surface area contributed by atoms with E-state index < -0.39 is 6.36 Å². The summed E-state index contributed by atoms with van der Waals surface area (Å²) in [4.78, 5) is 4.06. The number of alkyl halides is 3. The van der Waals surface area contributed by atoms with Crippen LogP contribution in [0.1, 0.15) is 17.0 Å². The molecule has 154 valence electrons. The molecule has 0 saturated heterocycles. The fourth-order valence-electron chi connectivity index (χ4n) is 2.51. The van der Waals surface area contributed by atoms with Gasteiger partial charge >= 0.3 is 6.36 Å². The van der Waals surface area contributed by atoms with Gasteiger partial charge < -0.3 is 20.5 Å². The molecule has 2 rings (SSSR count). The number of nitrogens with one attached hydrogen (secondary N) is 2. The highest BCUT2D eigenvalue weighted by Crippen LogP contribution is 2.26. The average molecular weight is 509 g/mol. The first-order valence-corrected chi connectivity index (χ1v) is 8.37. The van der Waals surface area contributed by atoms with Crippen LogP contribution in [0.15, 0.2) is 59.6 Å². The number of benzene rings is 2. The van der Waals surface area contributed by atoms with Crippen molar-refractivity contribution in [1.82, 2.24) is 10.6 Å². The van der Waals surface area contributed by atoms with Crippen molar-refractivity contribution in [2.24, 2.45) is 4.99 Å². The first-order chi connectivity index (χ1) is 12.9. The lowest BCUT2D eigenvalue weighted by Crippen LogP contribution is -2.39. The van der Waals surface area contributed by atoms with Crippen LogP contribution in [0.2, 0.25) is 0 Å². The van der Waals surface area contributed by atoms with Gasteiger partial charge in [-0.2, -0.15) is 0 Å². The summed E-state index contributed by atoms with van der Waals surface area (Å²) < 4.78 is 41.5. The molecule has 0 fully saturated rings. The molecule has 2 aromatic rings. The predicted molar refractivity (Wildman–Crippen MR) is 113 cm³/mol. The van der Waals surface area contributed by atoms with Crippen molar-refractivity contribution < 1.29 is 23.0 Å². The molecule has 9 heteroatoms. The van der Waals surface area contributed by atoms with Gasteiger partial charge in [-0.05, 0) is 11.6 Å². The monoisotopic (exact) mass is 509 g/mol. The third-order valence-electron chi connectivity index (χ3n) is 3.88. The van der Waals surface area contributed by atoms with Crippen LogP contribution in [0.5, 0.6) is 5.75 Å². The Morgan fingerprint density at radius 1 is 1.07 bits per heavy atom. The summed E-state index contributed by atoms with van der Waals surface area (Å²) >= 11 is 0. The van der Waals surface area contributed by atoms with Gasteiger partial charge in [0.2, 0.25) is 0 Å². The normalized spacial score (nSPS) is 12.7. The topological polar surface area (TPSA) is 65.9 Å². The third kappa shape index (κ3) is 7.93. The van der Waals surface area contributed by atoms with E-state index in [-0.39, 0.29) is 48.8 Å². The first kappa shape index (κ1) is 24.0. The van der Waals surface area contributed by atoms with Crippen molar-refractivity contribution >= 4 is 29.9 Å². The van der Waals surface area contributed by atoms with E-state index in [4.69, 9.17) is 0 Å². The van der Waals surface area contributed by atoms with E-state index in [1.807, 2.05) is 30.3 Å². The highest BCUT2D eigenvalue weighted by molar-refractivity contribution is 14.0. The van der Waals surface area contributed by atoms with Gasteiger partial charge in [-0.25, -0.2) is 0 Å². The SMILES string of the molecule is CN=C(NCc1ccccc1OC(F)(F)F)NCC(CO)c1ccccc1.I. The maximum Gasteiger partial charge on any atom is 0.573 e.